The maximum absolute atomic E-state index is 13.0. The van der Waals surface area contributed by atoms with Crippen LogP contribution in [-0.2, 0) is 11.3 Å². The molecule has 2 N–H and O–H groups in total. The number of anilines is 1. The van der Waals surface area contributed by atoms with E-state index < -0.39 is 5.54 Å². The van der Waals surface area contributed by atoms with Crippen LogP contribution in [0.2, 0.25) is 0 Å². The Hall–Kier alpha value is -3.51. The number of hydrogen-bond donors (Lipinski definition) is 2. The lowest BCUT2D eigenvalue weighted by molar-refractivity contribution is -0.121. The Morgan fingerprint density at radius 1 is 1.03 bits per heavy atom. The fourth-order valence-corrected chi connectivity index (χ4v) is 4.63. The van der Waals surface area contributed by atoms with Gasteiger partial charge in [0.15, 0.2) is 0 Å². The SMILES string of the molecule is C[C@]12CN(Cc3ccc(-c4ccccn4)cc3)C[C@H]1C(=O)Nc1ccccc1C(=O)N2. The van der Waals surface area contributed by atoms with Gasteiger partial charge in [-0.1, -0.05) is 42.5 Å². The number of carbonyl (C=O) groups is 2. The van der Waals surface area contributed by atoms with E-state index in [1.54, 1.807) is 18.3 Å². The zero-order valence-electron chi connectivity index (χ0n) is 17.3. The summed E-state index contributed by atoms with van der Waals surface area (Å²) in [5.74, 6) is -0.523. The molecule has 0 aliphatic carbocycles. The van der Waals surface area contributed by atoms with Crippen LogP contribution < -0.4 is 10.6 Å². The van der Waals surface area contributed by atoms with Gasteiger partial charge in [0.1, 0.15) is 0 Å². The first kappa shape index (κ1) is 19.5. The van der Waals surface area contributed by atoms with Gasteiger partial charge in [0.2, 0.25) is 5.91 Å². The van der Waals surface area contributed by atoms with E-state index in [0.29, 0.717) is 30.9 Å². The lowest BCUT2D eigenvalue weighted by Crippen LogP contribution is -2.56. The highest BCUT2D eigenvalue weighted by Gasteiger charge is 2.49. The van der Waals surface area contributed by atoms with Gasteiger partial charge in [0, 0.05) is 31.4 Å². The van der Waals surface area contributed by atoms with Crippen LogP contribution >= 0.6 is 0 Å². The molecule has 2 amide bonds. The number of nitrogens with one attached hydrogen (secondary N) is 2. The van der Waals surface area contributed by atoms with Crippen LogP contribution in [0.4, 0.5) is 5.69 Å². The van der Waals surface area contributed by atoms with Gasteiger partial charge in [-0.3, -0.25) is 19.5 Å². The topological polar surface area (TPSA) is 74.3 Å². The van der Waals surface area contributed by atoms with Crippen LogP contribution in [0.15, 0.2) is 72.9 Å². The normalized spacial score (nSPS) is 23.2. The third-order valence-corrected chi connectivity index (χ3v) is 6.23. The van der Waals surface area contributed by atoms with Gasteiger partial charge >= 0.3 is 0 Å². The largest absolute Gasteiger partial charge is 0.345 e. The predicted molar refractivity (Wildman–Crippen MR) is 119 cm³/mol. The van der Waals surface area contributed by atoms with Crippen LogP contribution in [0.1, 0.15) is 22.8 Å². The van der Waals surface area contributed by atoms with Crippen molar-refractivity contribution < 1.29 is 9.59 Å². The minimum absolute atomic E-state index is 0.0528. The molecule has 3 heterocycles. The molecule has 0 spiro atoms. The zero-order chi connectivity index (χ0) is 21.4. The Kier molecular flexibility index (Phi) is 4.79. The van der Waals surface area contributed by atoms with E-state index in [9.17, 15) is 9.59 Å². The molecule has 0 radical (unpaired) electrons. The maximum atomic E-state index is 13.0. The van der Waals surface area contributed by atoms with E-state index in [1.165, 1.54) is 0 Å². The van der Waals surface area contributed by atoms with Gasteiger partial charge in [0.05, 0.1) is 28.4 Å². The van der Waals surface area contributed by atoms with Crippen molar-refractivity contribution in [3.8, 4) is 11.3 Å². The summed E-state index contributed by atoms with van der Waals surface area (Å²) in [6, 6.07) is 21.4. The lowest BCUT2D eigenvalue weighted by atomic mass is 9.86. The summed E-state index contributed by atoms with van der Waals surface area (Å²) in [4.78, 5) is 32.5. The molecule has 2 atom stereocenters. The van der Waals surface area contributed by atoms with Gasteiger partial charge in [-0.2, -0.15) is 0 Å². The molecule has 0 bridgehead atoms. The van der Waals surface area contributed by atoms with E-state index in [0.717, 1.165) is 16.8 Å². The smallest absolute Gasteiger partial charge is 0.253 e. The molecular weight excluding hydrogens is 388 g/mol. The third-order valence-electron chi connectivity index (χ3n) is 6.23. The second-order valence-electron chi connectivity index (χ2n) is 8.54. The molecule has 5 rings (SSSR count). The van der Waals surface area contributed by atoms with Crippen LogP contribution in [0.25, 0.3) is 11.3 Å². The van der Waals surface area contributed by atoms with Crippen LogP contribution in [0.3, 0.4) is 0 Å². The summed E-state index contributed by atoms with van der Waals surface area (Å²) >= 11 is 0. The molecule has 1 aromatic heterocycles. The number of aromatic nitrogens is 1. The fourth-order valence-electron chi connectivity index (χ4n) is 4.63. The summed E-state index contributed by atoms with van der Waals surface area (Å²) in [7, 11) is 0. The molecule has 0 saturated carbocycles. The average Bonchev–Trinajstić information content (AvgIpc) is 3.09. The Labute approximate surface area is 181 Å². The molecular formula is C25H24N4O2. The number of pyridine rings is 1. The Morgan fingerprint density at radius 3 is 2.58 bits per heavy atom. The molecule has 156 valence electrons. The number of carbonyl (C=O) groups excluding carboxylic acids is 2. The lowest BCUT2D eigenvalue weighted by Gasteiger charge is -2.33. The average molecular weight is 412 g/mol. The highest BCUT2D eigenvalue weighted by atomic mass is 16.2. The van der Waals surface area contributed by atoms with Crippen molar-refractivity contribution in [3.05, 3.63) is 84.1 Å². The Morgan fingerprint density at radius 2 is 1.81 bits per heavy atom. The second kappa shape index (κ2) is 7.63. The van der Waals surface area contributed by atoms with E-state index in [2.05, 4.69) is 44.8 Å². The molecule has 2 aliphatic heterocycles. The number of fused-ring (bicyclic) bond motifs is 2. The number of likely N-dealkylation sites (tertiary alicyclic amines) is 1. The van der Waals surface area contributed by atoms with E-state index in [4.69, 9.17) is 0 Å². The molecule has 6 nitrogen and oxygen atoms in total. The minimum atomic E-state index is -0.622. The molecule has 1 fully saturated rings. The monoisotopic (exact) mass is 412 g/mol. The Balaban J connectivity index is 1.34. The third kappa shape index (κ3) is 3.70. The van der Waals surface area contributed by atoms with Crippen LogP contribution in [0.5, 0.6) is 0 Å². The molecule has 31 heavy (non-hydrogen) atoms. The number of para-hydroxylation sites is 1. The van der Waals surface area contributed by atoms with Crippen LogP contribution in [0, 0.1) is 5.92 Å². The molecule has 1 saturated heterocycles. The van der Waals surface area contributed by atoms with Crippen LogP contribution in [-0.4, -0.2) is 40.3 Å². The van der Waals surface area contributed by atoms with Crippen molar-refractivity contribution in [3.63, 3.8) is 0 Å². The first-order valence-corrected chi connectivity index (χ1v) is 10.5. The van der Waals surface area contributed by atoms with Gasteiger partial charge in [-0.15, -0.1) is 0 Å². The van der Waals surface area contributed by atoms with E-state index >= 15 is 0 Å². The first-order valence-electron chi connectivity index (χ1n) is 10.5. The summed E-state index contributed by atoms with van der Waals surface area (Å²) < 4.78 is 0. The van der Waals surface area contributed by atoms with Crippen molar-refractivity contribution in [1.82, 2.24) is 15.2 Å². The summed E-state index contributed by atoms with van der Waals surface area (Å²) in [6.07, 6.45) is 1.79. The quantitative estimate of drug-likeness (QED) is 0.692. The van der Waals surface area contributed by atoms with Crippen molar-refractivity contribution >= 4 is 17.5 Å². The first-order chi connectivity index (χ1) is 15.0. The number of rotatable bonds is 3. The highest BCUT2D eigenvalue weighted by Crippen LogP contribution is 2.33. The van der Waals surface area contributed by atoms with Crippen molar-refractivity contribution in [2.45, 2.75) is 19.0 Å². The summed E-state index contributed by atoms with van der Waals surface area (Å²) in [5, 5.41) is 6.11. The second-order valence-corrected chi connectivity index (χ2v) is 8.54. The van der Waals surface area contributed by atoms with E-state index in [-0.39, 0.29) is 17.7 Å². The molecule has 0 unspecified atom stereocenters. The van der Waals surface area contributed by atoms with Gasteiger partial charge in [0.25, 0.3) is 5.91 Å². The fraction of sp³-hybridized carbons (Fsp3) is 0.240. The summed E-state index contributed by atoms with van der Waals surface area (Å²) in [6.45, 7) is 3.88. The highest BCUT2D eigenvalue weighted by molar-refractivity contribution is 6.06. The zero-order valence-corrected chi connectivity index (χ0v) is 17.3. The van der Waals surface area contributed by atoms with Gasteiger partial charge < -0.3 is 10.6 Å². The molecule has 2 aliphatic rings. The van der Waals surface area contributed by atoms with Gasteiger partial charge in [-0.05, 0) is 36.8 Å². The van der Waals surface area contributed by atoms with E-state index in [1.807, 2.05) is 37.3 Å². The number of amides is 2. The molecule has 3 aromatic rings. The number of nitrogens with zero attached hydrogens (tertiary/aromatic N) is 2. The minimum Gasteiger partial charge on any atom is -0.345 e. The van der Waals surface area contributed by atoms with Crippen molar-refractivity contribution in [1.29, 1.82) is 0 Å². The summed E-state index contributed by atoms with van der Waals surface area (Å²) in [5.41, 5.74) is 3.62. The molecule has 6 heteroatoms. The Bertz CT molecular complexity index is 1130. The maximum Gasteiger partial charge on any atom is 0.253 e. The molecule has 2 aromatic carbocycles. The van der Waals surface area contributed by atoms with Crippen molar-refractivity contribution in [2.24, 2.45) is 5.92 Å². The number of hydrogen-bond acceptors (Lipinski definition) is 4. The standard InChI is InChI=1S/C25H24N4O2/c1-25-16-29(14-17-9-11-18(12-10-17)21-7-4-5-13-26-21)15-20(25)24(31)27-22-8-3-2-6-19(22)23(30)28-25/h2-13,20H,14-16H2,1H3,(H,27,31)(H,28,30)/t20-,25-/m0/s1. The number of benzene rings is 2. The van der Waals surface area contributed by atoms with Crippen molar-refractivity contribution in [2.75, 3.05) is 18.4 Å². The predicted octanol–water partition coefficient (Wildman–Crippen LogP) is 3.32. The van der Waals surface area contributed by atoms with Gasteiger partial charge in [-0.25, -0.2) is 0 Å².